The highest BCUT2D eigenvalue weighted by atomic mass is 16.7. The Bertz CT molecular complexity index is 820. The molecular weight excluding hydrogens is 302 g/mol. The van der Waals surface area contributed by atoms with Crippen LogP contribution < -0.4 is 9.47 Å². The molecule has 1 aromatic carbocycles. The van der Waals surface area contributed by atoms with E-state index in [9.17, 15) is 14.4 Å². The van der Waals surface area contributed by atoms with E-state index in [0.717, 1.165) is 18.0 Å². The Labute approximate surface area is 131 Å². The first-order chi connectivity index (χ1) is 11.0. The molecular formula is C16H15NO6. The fraction of sp³-hybridized carbons (Fsp3) is 0.312. The first-order valence-electron chi connectivity index (χ1n) is 7.12. The van der Waals surface area contributed by atoms with Crippen LogP contribution in [0.25, 0.3) is 10.9 Å². The number of ketones is 2. The van der Waals surface area contributed by atoms with Gasteiger partial charge >= 0.3 is 5.97 Å². The molecule has 0 radical (unpaired) electrons. The number of aromatic nitrogens is 1. The SMILES string of the molecule is CCn1c(C(=O)CC(=O)C(=O)OC)cc2cc3c(cc21)OCO3. The van der Waals surface area contributed by atoms with Crippen molar-refractivity contribution in [1.82, 2.24) is 4.57 Å². The second-order valence-corrected chi connectivity index (χ2v) is 5.05. The molecule has 0 saturated carbocycles. The molecule has 1 aliphatic rings. The van der Waals surface area contributed by atoms with Crippen molar-refractivity contribution in [2.24, 2.45) is 0 Å². The Morgan fingerprint density at radius 2 is 1.87 bits per heavy atom. The number of fused-ring (bicyclic) bond motifs is 2. The number of rotatable bonds is 5. The predicted molar refractivity (Wildman–Crippen MR) is 79.7 cm³/mol. The van der Waals surface area contributed by atoms with Crippen LogP contribution in [0.4, 0.5) is 0 Å². The Hall–Kier alpha value is -2.83. The van der Waals surface area contributed by atoms with Crippen molar-refractivity contribution in [2.75, 3.05) is 13.9 Å². The van der Waals surface area contributed by atoms with E-state index in [2.05, 4.69) is 4.74 Å². The third-order valence-corrected chi connectivity index (χ3v) is 3.73. The normalized spacial score (nSPS) is 12.4. The summed E-state index contributed by atoms with van der Waals surface area (Å²) in [4.78, 5) is 35.1. The van der Waals surface area contributed by atoms with Gasteiger partial charge in [0.25, 0.3) is 0 Å². The van der Waals surface area contributed by atoms with Crippen molar-refractivity contribution in [3.63, 3.8) is 0 Å². The van der Waals surface area contributed by atoms with Gasteiger partial charge < -0.3 is 18.8 Å². The van der Waals surface area contributed by atoms with Crippen molar-refractivity contribution in [3.8, 4) is 11.5 Å². The number of benzene rings is 1. The number of Topliss-reactive ketones (excluding diaryl/α,β-unsaturated/α-hetero) is 2. The topological polar surface area (TPSA) is 83.8 Å². The standard InChI is InChI=1S/C16H15NO6/c1-3-17-10-6-15-14(22-8-23-15)5-9(10)4-11(17)12(18)7-13(19)16(20)21-2/h4-6H,3,7-8H2,1-2H3. The Morgan fingerprint density at radius 1 is 1.17 bits per heavy atom. The van der Waals surface area contributed by atoms with Crippen LogP contribution in [-0.4, -0.2) is 36.0 Å². The molecule has 0 saturated heterocycles. The minimum Gasteiger partial charge on any atom is -0.463 e. The van der Waals surface area contributed by atoms with Gasteiger partial charge in [0.2, 0.25) is 12.6 Å². The first kappa shape index (κ1) is 15.1. The summed E-state index contributed by atoms with van der Waals surface area (Å²) in [6, 6.07) is 5.29. The van der Waals surface area contributed by atoms with Crippen molar-refractivity contribution < 1.29 is 28.6 Å². The fourth-order valence-corrected chi connectivity index (χ4v) is 2.65. The maximum absolute atomic E-state index is 12.4. The van der Waals surface area contributed by atoms with Crippen LogP contribution in [0.3, 0.4) is 0 Å². The van der Waals surface area contributed by atoms with Gasteiger partial charge in [-0.25, -0.2) is 4.79 Å². The average Bonchev–Trinajstić information content (AvgIpc) is 3.14. The lowest BCUT2D eigenvalue weighted by Gasteiger charge is -2.07. The maximum Gasteiger partial charge on any atom is 0.374 e. The van der Waals surface area contributed by atoms with Gasteiger partial charge in [0.15, 0.2) is 17.3 Å². The molecule has 0 atom stereocenters. The number of aryl methyl sites for hydroxylation is 1. The van der Waals surface area contributed by atoms with Crippen LogP contribution in [0.2, 0.25) is 0 Å². The fourth-order valence-electron chi connectivity index (χ4n) is 2.65. The van der Waals surface area contributed by atoms with E-state index >= 15 is 0 Å². The molecule has 0 bridgehead atoms. The molecule has 7 nitrogen and oxygen atoms in total. The van der Waals surface area contributed by atoms with E-state index < -0.39 is 24.0 Å². The number of nitrogens with zero attached hydrogens (tertiary/aromatic N) is 1. The molecule has 0 aliphatic carbocycles. The minimum absolute atomic E-state index is 0.174. The molecule has 0 unspecified atom stereocenters. The summed E-state index contributed by atoms with van der Waals surface area (Å²) in [5.41, 5.74) is 1.18. The summed E-state index contributed by atoms with van der Waals surface area (Å²) in [6.07, 6.45) is -0.518. The summed E-state index contributed by atoms with van der Waals surface area (Å²) in [5, 5.41) is 0.810. The van der Waals surface area contributed by atoms with Crippen molar-refractivity contribution in [2.45, 2.75) is 19.9 Å². The van der Waals surface area contributed by atoms with Crippen molar-refractivity contribution in [1.29, 1.82) is 0 Å². The lowest BCUT2D eigenvalue weighted by Crippen LogP contribution is -2.20. The van der Waals surface area contributed by atoms with Crippen molar-refractivity contribution in [3.05, 3.63) is 23.9 Å². The van der Waals surface area contributed by atoms with E-state index in [1.165, 1.54) is 0 Å². The number of hydrogen-bond donors (Lipinski definition) is 0. The lowest BCUT2D eigenvalue weighted by molar-refractivity contribution is -0.151. The minimum atomic E-state index is -1.02. The number of ether oxygens (including phenoxy) is 3. The van der Waals surface area contributed by atoms with E-state index in [-0.39, 0.29) is 6.79 Å². The molecule has 0 fully saturated rings. The quantitative estimate of drug-likeness (QED) is 0.361. The number of esters is 1. The van der Waals surface area contributed by atoms with Gasteiger partial charge in [0, 0.05) is 18.0 Å². The van der Waals surface area contributed by atoms with Crippen LogP contribution in [0.15, 0.2) is 18.2 Å². The lowest BCUT2D eigenvalue weighted by atomic mass is 10.1. The third kappa shape index (κ3) is 2.54. The van der Waals surface area contributed by atoms with Gasteiger partial charge in [-0.05, 0) is 19.1 Å². The monoisotopic (exact) mass is 317 g/mol. The molecule has 1 aromatic heterocycles. The summed E-state index contributed by atoms with van der Waals surface area (Å²) < 4.78 is 16.8. The molecule has 120 valence electrons. The number of carbonyl (C=O) groups excluding carboxylic acids is 3. The molecule has 2 aromatic rings. The first-order valence-corrected chi connectivity index (χ1v) is 7.12. The smallest absolute Gasteiger partial charge is 0.374 e. The van der Waals surface area contributed by atoms with E-state index in [1.54, 1.807) is 22.8 Å². The molecule has 2 heterocycles. The van der Waals surface area contributed by atoms with Crippen LogP contribution in [0.1, 0.15) is 23.8 Å². The summed E-state index contributed by atoms with van der Waals surface area (Å²) >= 11 is 0. The van der Waals surface area contributed by atoms with E-state index in [4.69, 9.17) is 9.47 Å². The average molecular weight is 317 g/mol. The number of methoxy groups -OCH3 is 1. The Balaban J connectivity index is 1.99. The van der Waals surface area contributed by atoms with E-state index in [0.29, 0.717) is 23.7 Å². The zero-order valence-electron chi connectivity index (χ0n) is 12.8. The molecule has 1 aliphatic heterocycles. The van der Waals surface area contributed by atoms with Gasteiger partial charge in [-0.15, -0.1) is 0 Å². The molecule has 7 heteroatoms. The summed E-state index contributed by atoms with van der Waals surface area (Å²) in [7, 11) is 1.11. The van der Waals surface area contributed by atoms with Crippen LogP contribution in [0.5, 0.6) is 11.5 Å². The van der Waals surface area contributed by atoms with Crippen LogP contribution >= 0.6 is 0 Å². The second-order valence-electron chi connectivity index (χ2n) is 5.05. The number of hydrogen-bond acceptors (Lipinski definition) is 6. The predicted octanol–water partition coefficient (Wildman–Crippen LogP) is 1.70. The summed E-state index contributed by atoms with van der Waals surface area (Å²) in [6.45, 7) is 2.60. The third-order valence-electron chi connectivity index (χ3n) is 3.73. The highest BCUT2D eigenvalue weighted by Gasteiger charge is 2.24. The Morgan fingerprint density at radius 3 is 2.52 bits per heavy atom. The van der Waals surface area contributed by atoms with Crippen LogP contribution in [0, 0.1) is 0 Å². The zero-order chi connectivity index (χ0) is 16.6. The molecule has 23 heavy (non-hydrogen) atoms. The molecule has 0 N–H and O–H groups in total. The Kier molecular flexibility index (Phi) is 3.77. The van der Waals surface area contributed by atoms with Gasteiger partial charge in [-0.1, -0.05) is 0 Å². The molecule has 0 amide bonds. The largest absolute Gasteiger partial charge is 0.463 e. The summed E-state index contributed by atoms with van der Waals surface area (Å²) in [5.74, 6) is -1.07. The molecule has 0 spiro atoms. The van der Waals surface area contributed by atoms with Crippen molar-refractivity contribution >= 4 is 28.4 Å². The highest BCUT2D eigenvalue weighted by Crippen LogP contribution is 2.37. The van der Waals surface area contributed by atoms with Gasteiger partial charge in [-0.2, -0.15) is 0 Å². The second kappa shape index (κ2) is 5.75. The van der Waals surface area contributed by atoms with Gasteiger partial charge in [-0.3, -0.25) is 9.59 Å². The van der Waals surface area contributed by atoms with Gasteiger partial charge in [0.1, 0.15) is 0 Å². The zero-order valence-corrected chi connectivity index (χ0v) is 12.8. The number of carbonyl (C=O) groups is 3. The van der Waals surface area contributed by atoms with Crippen LogP contribution in [-0.2, 0) is 20.9 Å². The van der Waals surface area contributed by atoms with Gasteiger partial charge in [0.05, 0.1) is 24.7 Å². The van der Waals surface area contributed by atoms with E-state index in [1.807, 2.05) is 6.92 Å². The maximum atomic E-state index is 12.4. The highest BCUT2D eigenvalue weighted by molar-refractivity contribution is 6.38. The molecule has 3 rings (SSSR count).